The summed E-state index contributed by atoms with van der Waals surface area (Å²) in [5, 5.41) is 3.20. The number of nitrogens with one attached hydrogen (secondary N) is 2. The monoisotopic (exact) mass is 200 g/mol. The maximum absolute atomic E-state index is 4.39. The van der Waals surface area contributed by atoms with Gasteiger partial charge in [-0.25, -0.2) is 5.43 Å². The minimum atomic E-state index is 0.288. The molecule has 0 aliphatic rings. The molecule has 0 spiro atoms. The third-order valence-corrected chi connectivity index (χ3v) is 2.30. The molecule has 3 heteroatoms. The molecule has 85 valence electrons. The van der Waals surface area contributed by atoms with Crippen LogP contribution in [0.25, 0.3) is 0 Å². The molecule has 0 bridgehead atoms. The van der Waals surface area contributed by atoms with Crippen molar-refractivity contribution in [3.05, 3.63) is 0 Å². The number of hydrogen-bond acceptors (Lipinski definition) is 2. The van der Waals surface area contributed by atoms with Gasteiger partial charge in [0.1, 0.15) is 0 Å². The van der Waals surface area contributed by atoms with Gasteiger partial charge in [-0.1, -0.05) is 39.5 Å². The lowest BCUT2D eigenvalue weighted by Gasteiger charge is -2.15. The van der Waals surface area contributed by atoms with Crippen molar-refractivity contribution in [2.75, 3.05) is 13.6 Å². The summed E-state index contributed by atoms with van der Waals surface area (Å²) in [4.78, 5) is 0. The molecule has 0 aliphatic heterocycles. The van der Waals surface area contributed by atoms with Crippen LogP contribution in [0.1, 0.15) is 52.4 Å². The predicted octanol–water partition coefficient (Wildman–Crippen LogP) is 2.02. The predicted molar refractivity (Wildman–Crippen MR) is 62.0 cm³/mol. The molecule has 0 aromatic carbocycles. The zero-order chi connectivity index (χ0) is 10.6. The Kier molecular flexibility index (Phi) is 10.9. The summed E-state index contributed by atoms with van der Waals surface area (Å²) in [5.74, 6) is 0. The van der Waals surface area contributed by atoms with Crippen molar-refractivity contribution in [2.24, 2.45) is 0 Å². The summed E-state index contributed by atoms with van der Waals surface area (Å²) < 4.78 is 0. The van der Waals surface area contributed by atoms with Crippen molar-refractivity contribution in [3.8, 4) is 0 Å². The standard InChI is InChI=1S/C11H26N3/c1-4-6-8-10-13-14-11(12-3)9-7-5-2/h11-13H,4-10H2,1-3H3. The smallest absolute Gasteiger partial charge is 0.0905 e. The van der Waals surface area contributed by atoms with Crippen LogP contribution in [-0.4, -0.2) is 19.8 Å². The highest BCUT2D eigenvalue weighted by atomic mass is 15.4. The van der Waals surface area contributed by atoms with Crippen molar-refractivity contribution < 1.29 is 0 Å². The molecule has 0 fully saturated rings. The summed E-state index contributed by atoms with van der Waals surface area (Å²) in [6.07, 6.45) is 7.69. The van der Waals surface area contributed by atoms with Gasteiger partial charge in [0.25, 0.3) is 0 Å². The van der Waals surface area contributed by atoms with Crippen molar-refractivity contribution >= 4 is 0 Å². The Labute approximate surface area is 89.0 Å². The maximum atomic E-state index is 4.39. The number of nitrogens with zero attached hydrogens (tertiary/aromatic N) is 1. The van der Waals surface area contributed by atoms with E-state index in [1.54, 1.807) is 0 Å². The molecular weight excluding hydrogens is 174 g/mol. The highest BCUT2D eigenvalue weighted by Crippen LogP contribution is 1.97. The van der Waals surface area contributed by atoms with Gasteiger partial charge in [-0.2, -0.15) is 0 Å². The molecule has 0 amide bonds. The molecule has 2 N–H and O–H groups in total. The van der Waals surface area contributed by atoms with Crippen LogP contribution in [-0.2, 0) is 0 Å². The van der Waals surface area contributed by atoms with Gasteiger partial charge in [-0.3, -0.25) is 0 Å². The fourth-order valence-electron chi connectivity index (χ4n) is 1.30. The summed E-state index contributed by atoms with van der Waals surface area (Å²) in [6.45, 7) is 5.44. The lowest BCUT2D eigenvalue weighted by Crippen LogP contribution is -2.42. The molecule has 0 aromatic rings. The molecule has 0 aromatic heterocycles. The van der Waals surface area contributed by atoms with E-state index in [9.17, 15) is 0 Å². The van der Waals surface area contributed by atoms with E-state index in [0.717, 1.165) is 13.0 Å². The van der Waals surface area contributed by atoms with Gasteiger partial charge in [0.2, 0.25) is 0 Å². The van der Waals surface area contributed by atoms with Gasteiger partial charge in [-0.15, -0.1) is 5.43 Å². The molecule has 1 atom stereocenters. The highest BCUT2D eigenvalue weighted by molar-refractivity contribution is 4.58. The van der Waals surface area contributed by atoms with E-state index >= 15 is 0 Å². The topological polar surface area (TPSA) is 38.2 Å². The SMILES string of the molecule is CCCCCN[N]C(CCCC)NC. The second kappa shape index (κ2) is 11.0. The normalized spacial score (nSPS) is 13.1. The van der Waals surface area contributed by atoms with E-state index in [2.05, 4.69) is 30.0 Å². The van der Waals surface area contributed by atoms with E-state index in [0.29, 0.717) is 0 Å². The van der Waals surface area contributed by atoms with E-state index in [4.69, 9.17) is 0 Å². The van der Waals surface area contributed by atoms with Crippen LogP contribution in [0.4, 0.5) is 0 Å². The Morgan fingerprint density at radius 2 is 1.79 bits per heavy atom. The van der Waals surface area contributed by atoms with Crippen molar-refractivity contribution in [3.63, 3.8) is 0 Å². The summed E-state index contributed by atoms with van der Waals surface area (Å²) >= 11 is 0. The summed E-state index contributed by atoms with van der Waals surface area (Å²) in [7, 11) is 1.97. The lowest BCUT2D eigenvalue weighted by atomic mass is 10.2. The van der Waals surface area contributed by atoms with Crippen LogP contribution < -0.4 is 16.2 Å². The zero-order valence-electron chi connectivity index (χ0n) is 9.97. The van der Waals surface area contributed by atoms with Crippen LogP contribution in [0.3, 0.4) is 0 Å². The largest absolute Gasteiger partial charge is 0.302 e. The third kappa shape index (κ3) is 8.48. The molecule has 1 unspecified atom stereocenters. The van der Waals surface area contributed by atoms with Crippen molar-refractivity contribution in [1.29, 1.82) is 0 Å². The molecule has 0 heterocycles. The van der Waals surface area contributed by atoms with Gasteiger partial charge in [0, 0.05) is 6.54 Å². The van der Waals surface area contributed by atoms with Crippen LogP contribution in [0, 0.1) is 0 Å². The fraction of sp³-hybridized carbons (Fsp3) is 1.00. The molecular formula is C11H26N3. The minimum absolute atomic E-state index is 0.288. The highest BCUT2D eigenvalue weighted by Gasteiger charge is 2.04. The first-order chi connectivity index (χ1) is 6.85. The molecule has 0 aliphatic carbocycles. The van der Waals surface area contributed by atoms with Gasteiger partial charge in [-0.05, 0) is 19.9 Å². The van der Waals surface area contributed by atoms with Gasteiger partial charge in [0.15, 0.2) is 0 Å². The van der Waals surface area contributed by atoms with Gasteiger partial charge in [0.05, 0.1) is 6.17 Å². The molecule has 3 nitrogen and oxygen atoms in total. The van der Waals surface area contributed by atoms with Gasteiger partial charge < -0.3 is 5.32 Å². The van der Waals surface area contributed by atoms with Crippen LogP contribution in [0.2, 0.25) is 0 Å². The van der Waals surface area contributed by atoms with E-state index in [1.807, 2.05) is 7.05 Å². The first kappa shape index (κ1) is 13.9. The Morgan fingerprint density at radius 1 is 1.07 bits per heavy atom. The molecule has 0 rings (SSSR count). The quantitative estimate of drug-likeness (QED) is 0.418. The second-order valence-electron chi connectivity index (χ2n) is 3.69. The van der Waals surface area contributed by atoms with Crippen molar-refractivity contribution in [2.45, 2.75) is 58.5 Å². The lowest BCUT2D eigenvalue weighted by molar-refractivity contribution is 0.349. The first-order valence-electron chi connectivity index (χ1n) is 5.95. The van der Waals surface area contributed by atoms with E-state index < -0.39 is 0 Å². The average Bonchev–Trinajstić information content (AvgIpc) is 2.22. The average molecular weight is 200 g/mol. The third-order valence-electron chi connectivity index (χ3n) is 2.30. The van der Waals surface area contributed by atoms with Crippen LogP contribution >= 0.6 is 0 Å². The maximum Gasteiger partial charge on any atom is 0.0905 e. The minimum Gasteiger partial charge on any atom is -0.302 e. The van der Waals surface area contributed by atoms with E-state index in [-0.39, 0.29) is 6.17 Å². The fourth-order valence-corrected chi connectivity index (χ4v) is 1.30. The summed E-state index contributed by atoms with van der Waals surface area (Å²) in [5.41, 5.74) is 7.53. The number of rotatable bonds is 10. The molecule has 14 heavy (non-hydrogen) atoms. The number of unbranched alkanes of at least 4 members (excludes halogenated alkanes) is 3. The first-order valence-corrected chi connectivity index (χ1v) is 5.95. The Bertz CT molecular complexity index is 107. The molecule has 0 saturated heterocycles. The Morgan fingerprint density at radius 3 is 2.36 bits per heavy atom. The van der Waals surface area contributed by atoms with Crippen LogP contribution in [0.15, 0.2) is 0 Å². The molecule has 0 saturated carbocycles. The Hall–Kier alpha value is -0.120. The Balaban J connectivity index is 3.24. The molecule has 1 radical (unpaired) electrons. The van der Waals surface area contributed by atoms with Crippen molar-refractivity contribution in [1.82, 2.24) is 16.2 Å². The van der Waals surface area contributed by atoms with E-state index in [1.165, 1.54) is 32.1 Å². The van der Waals surface area contributed by atoms with Gasteiger partial charge >= 0.3 is 0 Å². The number of hydrogen-bond donors (Lipinski definition) is 2. The zero-order valence-corrected chi connectivity index (χ0v) is 9.97. The van der Waals surface area contributed by atoms with Crippen LogP contribution in [0.5, 0.6) is 0 Å². The summed E-state index contributed by atoms with van der Waals surface area (Å²) in [6, 6.07) is 0. The second-order valence-corrected chi connectivity index (χ2v) is 3.69.